The van der Waals surface area contributed by atoms with Crippen molar-refractivity contribution in [3.05, 3.63) is 35.5 Å². The summed E-state index contributed by atoms with van der Waals surface area (Å²) in [5.74, 6) is 0.397. The quantitative estimate of drug-likeness (QED) is 0.706. The van der Waals surface area contributed by atoms with Gasteiger partial charge in [-0.3, -0.25) is 0 Å². The van der Waals surface area contributed by atoms with Gasteiger partial charge in [-0.25, -0.2) is 4.98 Å². The lowest BCUT2D eigenvalue weighted by Crippen LogP contribution is -1.96. The maximum atomic E-state index is 9.07. The van der Waals surface area contributed by atoms with Crippen LogP contribution in [0.25, 0.3) is 10.8 Å². The maximum Gasteiger partial charge on any atom is 0.232 e. The van der Waals surface area contributed by atoms with E-state index in [-0.39, 0.29) is 0 Å². The maximum absolute atomic E-state index is 9.07. The summed E-state index contributed by atoms with van der Waals surface area (Å²) in [4.78, 5) is 4.25. The molecule has 3 nitrogen and oxygen atoms in total. The topological polar surface area (TPSA) is 45.9 Å². The second-order valence-electron chi connectivity index (χ2n) is 3.24. The highest BCUT2D eigenvalue weighted by atomic mass is 16.5. The van der Waals surface area contributed by atoms with Gasteiger partial charge in [0.2, 0.25) is 5.88 Å². The van der Waals surface area contributed by atoms with Gasteiger partial charge in [-0.1, -0.05) is 24.3 Å². The van der Waals surface area contributed by atoms with Crippen LogP contribution in [-0.2, 0) is 0 Å². The van der Waals surface area contributed by atoms with E-state index < -0.39 is 0 Å². The molecule has 0 bridgehead atoms. The Morgan fingerprint density at radius 1 is 1.27 bits per heavy atom. The summed E-state index contributed by atoms with van der Waals surface area (Å²) in [6, 6.07) is 9.83. The SMILES string of the molecule is COc1nc(C)c2ccccc2c1C#N. The Hall–Kier alpha value is -2.08. The molecule has 0 aliphatic carbocycles. The van der Waals surface area contributed by atoms with Gasteiger partial charge in [-0.15, -0.1) is 0 Å². The van der Waals surface area contributed by atoms with Gasteiger partial charge >= 0.3 is 0 Å². The van der Waals surface area contributed by atoms with Gasteiger partial charge in [0.1, 0.15) is 11.6 Å². The monoisotopic (exact) mass is 198 g/mol. The normalized spacial score (nSPS) is 9.93. The summed E-state index contributed by atoms with van der Waals surface area (Å²) in [5, 5.41) is 11.0. The van der Waals surface area contributed by atoms with E-state index in [0.717, 1.165) is 16.5 Å². The fourth-order valence-corrected chi connectivity index (χ4v) is 1.66. The number of ether oxygens (including phenoxy) is 1. The number of rotatable bonds is 1. The second kappa shape index (κ2) is 3.58. The summed E-state index contributed by atoms with van der Waals surface area (Å²) < 4.78 is 5.09. The predicted molar refractivity (Wildman–Crippen MR) is 57.7 cm³/mol. The third-order valence-electron chi connectivity index (χ3n) is 2.37. The summed E-state index contributed by atoms with van der Waals surface area (Å²) in [6.07, 6.45) is 0. The Labute approximate surface area is 87.9 Å². The van der Waals surface area contributed by atoms with Crippen LogP contribution in [0.2, 0.25) is 0 Å². The van der Waals surface area contributed by atoms with Crippen molar-refractivity contribution in [1.29, 1.82) is 5.26 Å². The molecular formula is C12H10N2O. The Kier molecular flexibility index (Phi) is 2.26. The summed E-state index contributed by atoms with van der Waals surface area (Å²) in [6.45, 7) is 1.91. The summed E-state index contributed by atoms with van der Waals surface area (Å²) in [5.41, 5.74) is 1.38. The first-order chi connectivity index (χ1) is 7.27. The molecule has 0 N–H and O–H groups in total. The number of aromatic nitrogens is 1. The summed E-state index contributed by atoms with van der Waals surface area (Å²) in [7, 11) is 1.53. The highest BCUT2D eigenvalue weighted by molar-refractivity contribution is 5.90. The number of hydrogen-bond donors (Lipinski definition) is 0. The molecule has 0 spiro atoms. The first-order valence-electron chi connectivity index (χ1n) is 4.61. The van der Waals surface area contributed by atoms with Crippen molar-refractivity contribution >= 4 is 10.8 Å². The molecule has 0 aliphatic heterocycles. The zero-order chi connectivity index (χ0) is 10.8. The molecule has 0 atom stereocenters. The molecule has 0 fully saturated rings. The minimum atomic E-state index is 0.397. The van der Waals surface area contributed by atoms with Crippen LogP contribution in [0.4, 0.5) is 0 Å². The van der Waals surface area contributed by atoms with Crippen molar-refractivity contribution in [3.8, 4) is 11.9 Å². The lowest BCUT2D eigenvalue weighted by Gasteiger charge is -2.07. The van der Waals surface area contributed by atoms with Crippen LogP contribution >= 0.6 is 0 Å². The van der Waals surface area contributed by atoms with Crippen LogP contribution < -0.4 is 4.74 Å². The van der Waals surface area contributed by atoms with E-state index in [4.69, 9.17) is 10.00 Å². The molecule has 0 aliphatic rings. The van der Waals surface area contributed by atoms with E-state index in [9.17, 15) is 0 Å². The molecule has 0 radical (unpaired) electrons. The fraction of sp³-hybridized carbons (Fsp3) is 0.167. The number of benzene rings is 1. The number of aryl methyl sites for hydroxylation is 1. The van der Waals surface area contributed by atoms with E-state index in [1.54, 1.807) is 0 Å². The van der Waals surface area contributed by atoms with Crippen molar-refractivity contribution in [2.45, 2.75) is 6.92 Å². The fourth-order valence-electron chi connectivity index (χ4n) is 1.66. The minimum Gasteiger partial charge on any atom is -0.480 e. The van der Waals surface area contributed by atoms with Crippen LogP contribution in [0, 0.1) is 18.3 Å². The minimum absolute atomic E-state index is 0.397. The van der Waals surface area contributed by atoms with Gasteiger partial charge in [-0.2, -0.15) is 5.26 Å². The Balaban J connectivity index is 2.93. The van der Waals surface area contributed by atoms with E-state index in [0.29, 0.717) is 11.4 Å². The first-order valence-corrected chi connectivity index (χ1v) is 4.61. The van der Waals surface area contributed by atoms with Crippen molar-refractivity contribution in [2.75, 3.05) is 7.11 Å². The lowest BCUT2D eigenvalue weighted by molar-refractivity contribution is 0.396. The molecular weight excluding hydrogens is 188 g/mol. The standard InChI is InChI=1S/C12H10N2O/c1-8-9-5-3-4-6-10(9)11(7-13)12(14-8)15-2/h3-6H,1-2H3. The zero-order valence-electron chi connectivity index (χ0n) is 8.61. The van der Waals surface area contributed by atoms with Gasteiger partial charge in [0.05, 0.1) is 7.11 Å². The van der Waals surface area contributed by atoms with Crippen molar-refractivity contribution in [3.63, 3.8) is 0 Å². The number of nitriles is 1. The van der Waals surface area contributed by atoms with Crippen LogP contribution in [0.1, 0.15) is 11.3 Å². The predicted octanol–water partition coefficient (Wildman–Crippen LogP) is 2.42. The van der Waals surface area contributed by atoms with Crippen molar-refractivity contribution < 1.29 is 4.74 Å². The average Bonchev–Trinajstić information content (AvgIpc) is 2.29. The number of methoxy groups -OCH3 is 1. The Morgan fingerprint density at radius 3 is 2.53 bits per heavy atom. The highest BCUT2D eigenvalue weighted by Crippen LogP contribution is 2.26. The molecule has 2 aromatic rings. The van der Waals surface area contributed by atoms with E-state index in [1.165, 1.54) is 7.11 Å². The third kappa shape index (κ3) is 1.40. The van der Waals surface area contributed by atoms with Crippen LogP contribution in [0.3, 0.4) is 0 Å². The molecule has 1 heterocycles. The molecule has 2 rings (SSSR count). The molecule has 0 saturated carbocycles. The smallest absolute Gasteiger partial charge is 0.232 e. The van der Waals surface area contributed by atoms with Crippen molar-refractivity contribution in [2.24, 2.45) is 0 Å². The molecule has 0 amide bonds. The number of pyridine rings is 1. The summed E-state index contributed by atoms with van der Waals surface area (Å²) >= 11 is 0. The second-order valence-corrected chi connectivity index (χ2v) is 3.24. The molecule has 3 heteroatoms. The Bertz CT molecular complexity index is 555. The molecule has 0 saturated heterocycles. The molecule has 1 aromatic carbocycles. The highest BCUT2D eigenvalue weighted by Gasteiger charge is 2.11. The molecule has 0 unspecified atom stereocenters. The van der Waals surface area contributed by atoms with Crippen LogP contribution in [-0.4, -0.2) is 12.1 Å². The van der Waals surface area contributed by atoms with Gasteiger partial charge in [-0.05, 0) is 6.92 Å². The third-order valence-corrected chi connectivity index (χ3v) is 2.37. The number of fused-ring (bicyclic) bond motifs is 1. The first kappa shape index (κ1) is 9.47. The van der Waals surface area contributed by atoms with E-state index in [1.807, 2.05) is 31.2 Å². The average molecular weight is 198 g/mol. The Morgan fingerprint density at radius 2 is 1.93 bits per heavy atom. The molecule has 1 aromatic heterocycles. The van der Waals surface area contributed by atoms with Gasteiger partial charge < -0.3 is 4.74 Å². The van der Waals surface area contributed by atoms with E-state index in [2.05, 4.69) is 11.1 Å². The molecule has 15 heavy (non-hydrogen) atoms. The van der Waals surface area contributed by atoms with Crippen LogP contribution in [0.15, 0.2) is 24.3 Å². The number of hydrogen-bond acceptors (Lipinski definition) is 3. The largest absolute Gasteiger partial charge is 0.480 e. The van der Waals surface area contributed by atoms with Crippen molar-refractivity contribution in [1.82, 2.24) is 4.98 Å². The zero-order valence-corrected chi connectivity index (χ0v) is 8.61. The van der Waals surface area contributed by atoms with Gasteiger partial charge in [0.15, 0.2) is 0 Å². The van der Waals surface area contributed by atoms with Gasteiger partial charge in [0.25, 0.3) is 0 Å². The van der Waals surface area contributed by atoms with Gasteiger partial charge in [0, 0.05) is 16.5 Å². The van der Waals surface area contributed by atoms with E-state index >= 15 is 0 Å². The van der Waals surface area contributed by atoms with Crippen LogP contribution in [0.5, 0.6) is 5.88 Å². The number of nitrogens with zero attached hydrogens (tertiary/aromatic N) is 2. The molecule has 74 valence electrons. The lowest BCUT2D eigenvalue weighted by atomic mass is 10.1.